The van der Waals surface area contributed by atoms with Crippen LogP contribution in [0.4, 0.5) is 5.82 Å². The summed E-state index contributed by atoms with van der Waals surface area (Å²) in [4.78, 5) is 0. The lowest BCUT2D eigenvalue weighted by Gasteiger charge is -2.15. The molecule has 1 fully saturated rings. The van der Waals surface area contributed by atoms with Crippen LogP contribution in [0.2, 0.25) is 0 Å². The highest BCUT2D eigenvalue weighted by molar-refractivity contribution is 5.44. The molecule has 0 atom stereocenters. The molecular formula is C14H21N5. The van der Waals surface area contributed by atoms with E-state index in [1.165, 1.54) is 19.3 Å². The van der Waals surface area contributed by atoms with Gasteiger partial charge in [-0.15, -0.1) is 15.3 Å². The maximum atomic E-state index is 4.60. The number of hydrogen-bond donors (Lipinski definition) is 1. The molecule has 2 heterocycles. The standard InChI is InChI=1S/C14H21N5/c1-14(2,3)13-17-16-12-7-6-11(18-19(12)13)15-9-8-10-4-5-10/h6-7,10H,4-5,8-9H2,1-3H3,(H,15,18). The van der Waals surface area contributed by atoms with Gasteiger partial charge in [0.15, 0.2) is 11.5 Å². The molecular weight excluding hydrogens is 238 g/mol. The van der Waals surface area contributed by atoms with Crippen LogP contribution < -0.4 is 5.32 Å². The van der Waals surface area contributed by atoms with Crippen LogP contribution in [0.1, 0.15) is 45.9 Å². The van der Waals surface area contributed by atoms with Crippen molar-refractivity contribution >= 4 is 11.5 Å². The average molecular weight is 259 g/mol. The van der Waals surface area contributed by atoms with Crippen LogP contribution in [0.5, 0.6) is 0 Å². The van der Waals surface area contributed by atoms with Crippen LogP contribution in [0.25, 0.3) is 5.65 Å². The average Bonchev–Trinajstić information content (AvgIpc) is 3.05. The number of aromatic nitrogens is 4. The third-order valence-electron chi connectivity index (χ3n) is 3.49. The molecule has 0 amide bonds. The summed E-state index contributed by atoms with van der Waals surface area (Å²) < 4.78 is 1.85. The fraction of sp³-hybridized carbons (Fsp3) is 0.643. The zero-order chi connectivity index (χ0) is 13.5. The lowest BCUT2D eigenvalue weighted by Crippen LogP contribution is -2.17. The van der Waals surface area contributed by atoms with Crippen LogP contribution >= 0.6 is 0 Å². The minimum absolute atomic E-state index is 0.0565. The molecule has 0 spiro atoms. The van der Waals surface area contributed by atoms with Crippen molar-refractivity contribution in [2.24, 2.45) is 5.92 Å². The molecule has 0 bridgehead atoms. The van der Waals surface area contributed by atoms with Crippen LogP contribution in [0, 0.1) is 5.92 Å². The summed E-state index contributed by atoms with van der Waals surface area (Å²) in [6.07, 6.45) is 4.04. The van der Waals surface area contributed by atoms with Gasteiger partial charge in [-0.25, -0.2) is 0 Å². The van der Waals surface area contributed by atoms with Gasteiger partial charge in [0.05, 0.1) is 0 Å². The minimum atomic E-state index is -0.0565. The number of hydrogen-bond acceptors (Lipinski definition) is 4. The van der Waals surface area contributed by atoms with E-state index in [1.807, 2.05) is 16.6 Å². The lowest BCUT2D eigenvalue weighted by molar-refractivity contribution is 0.527. The third kappa shape index (κ3) is 2.69. The van der Waals surface area contributed by atoms with E-state index in [4.69, 9.17) is 0 Å². The summed E-state index contributed by atoms with van der Waals surface area (Å²) in [5.41, 5.74) is 0.747. The largest absolute Gasteiger partial charge is 0.369 e. The Bertz CT molecular complexity index is 577. The van der Waals surface area contributed by atoms with E-state index in [0.717, 1.165) is 29.8 Å². The van der Waals surface area contributed by atoms with Crippen LogP contribution in [0.15, 0.2) is 12.1 Å². The Morgan fingerprint density at radius 2 is 2.05 bits per heavy atom. The molecule has 2 aromatic heterocycles. The van der Waals surface area contributed by atoms with Gasteiger partial charge in [-0.1, -0.05) is 33.6 Å². The second-order valence-electron chi connectivity index (χ2n) is 6.42. The molecule has 5 nitrogen and oxygen atoms in total. The van der Waals surface area contributed by atoms with E-state index in [1.54, 1.807) is 0 Å². The molecule has 1 aliphatic rings. The van der Waals surface area contributed by atoms with Gasteiger partial charge in [0, 0.05) is 12.0 Å². The molecule has 2 aromatic rings. The maximum Gasteiger partial charge on any atom is 0.178 e. The summed E-state index contributed by atoms with van der Waals surface area (Å²) in [5.74, 6) is 2.74. The van der Waals surface area contributed by atoms with Gasteiger partial charge in [-0.3, -0.25) is 0 Å². The highest BCUT2D eigenvalue weighted by atomic mass is 15.4. The van der Waals surface area contributed by atoms with Gasteiger partial charge in [-0.2, -0.15) is 4.52 Å². The zero-order valence-electron chi connectivity index (χ0n) is 11.8. The fourth-order valence-electron chi connectivity index (χ4n) is 2.16. The van der Waals surface area contributed by atoms with Gasteiger partial charge >= 0.3 is 0 Å². The van der Waals surface area contributed by atoms with E-state index in [9.17, 15) is 0 Å². The molecule has 3 rings (SSSR count). The molecule has 1 N–H and O–H groups in total. The van der Waals surface area contributed by atoms with Crippen molar-refractivity contribution in [2.45, 2.75) is 45.4 Å². The van der Waals surface area contributed by atoms with Crippen molar-refractivity contribution in [3.8, 4) is 0 Å². The third-order valence-corrected chi connectivity index (χ3v) is 3.49. The molecule has 0 aliphatic heterocycles. The Morgan fingerprint density at radius 1 is 1.26 bits per heavy atom. The predicted molar refractivity (Wildman–Crippen MR) is 75.3 cm³/mol. The molecule has 102 valence electrons. The van der Waals surface area contributed by atoms with E-state index in [2.05, 4.69) is 41.4 Å². The summed E-state index contributed by atoms with van der Waals surface area (Å²) in [6, 6.07) is 3.94. The van der Waals surface area contributed by atoms with E-state index in [0.29, 0.717) is 0 Å². The highest BCUT2D eigenvalue weighted by Crippen LogP contribution is 2.32. The first-order valence-corrected chi connectivity index (χ1v) is 7.01. The molecule has 1 saturated carbocycles. The van der Waals surface area contributed by atoms with Gasteiger partial charge in [0.2, 0.25) is 0 Å². The summed E-state index contributed by atoms with van der Waals surface area (Å²) >= 11 is 0. The highest BCUT2D eigenvalue weighted by Gasteiger charge is 2.22. The zero-order valence-corrected chi connectivity index (χ0v) is 11.8. The Labute approximate surface area is 113 Å². The van der Waals surface area contributed by atoms with Gasteiger partial charge < -0.3 is 5.32 Å². The summed E-state index contributed by atoms with van der Waals surface area (Å²) in [7, 11) is 0. The van der Waals surface area contributed by atoms with E-state index >= 15 is 0 Å². The first-order valence-electron chi connectivity index (χ1n) is 7.01. The normalized spacial score (nSPS) is 15.9. The fourth-order valence-corrected chi connectivity index (χ4v) is 2.16. The van der Waals surface area contributed by atoms with Gasteiger partial charge in [0.25, 0.3) is 0 Å². The van der Waals surface area contributed by atoms with Crippen molar-refractivity contribution in [3.63, 3.8) is 0 Å². The summed E-state index contributed by atoms with van der Waals surface area (Å²) in [6.45, 7) is 7.37. The van der Waals surface area contributed by atoms with Crippen molar-refractivity contribution in [3.05, 3.63) is 18.0 Å². The number of nitrogens with zero attached hydrogens (tertiary/aromatic N) is 4. The van der Waals surface area contributed by atoms with Crippen LogP contribution in [-0.2, 0) is 5.41 Å². The van der Waals surface area contributed by atoms with Crippen molar-refractivity contribution < 1.29 is 0 Å². The van der Waals surface area contributed by atoms with E-state index in [-0.39, 0.29) is 5.41 Å². The Morgan fingerprint density at radius 3 is 2.74 bits per heavy atom. The SMILES string of the molecule is CC(C)(C)c1nnc2ccc(NCCC3CC3)nn12. The van der Waals surface area contributed by atoms with Crippen LogP contribution in [-0.4, -0.2) is 26.4 Å². The van der Waals surface area contributed by atoms with E-state index < -0.39 is 0 Å². The number of fused-ring (bicyclic) bond motifs is 1. The molecule has 1 aliphatic carbocycles. The van der Waals surface area contributed by atoms with Crippen molar-refractivity contribution in [1.29, 1.82) is 0 Å². The molecule has 0 aromatic carbocycles. The van der Waals surface area contributed by atoms with Gasteiger partial charge in [-0.05, 0) is 24.5 Å². The number of anilines is 1. The van der Waals surface area contributed by atoms with Crippen molar-refractivity contribution in [2.75, 3.05) is 11.9 Å². The topological polar surface area (TPSA) is 55.1 Å². The Kier molecular flexibility index (Phi) is 2.92. The Balaban J connectivity index is 1.81. The molecule has 5 heteroatoms. The van der Waals surface area contributed by atoms with Crippen LogP contribution in [0.3, 0.4) is 0 Å². The smallest absolute Gasteiger partial charge is 0.178 e. The molecule has 19 heavy (non-hydrogen) atoms. The lowest BCUT2D eigenvalue weighted by atomic mass is 9.96. The molecule has 0 saturated heterocycles. The summed E-state index contributed by atoms with van der Waals surface area (Å²) in [5, 5.41) is 16.4. The molecule has 0 radical (unpaired) electrons. The number of rotatable bonds is 4. The quantitative estimate of drug-likeness (QED) is 0.917. The monoisotopic (exact) mass is 259 g/mol. The second kappa shape index (κ2) is 4.47. The minimum Gasteiger partial charge on any atom is -0.369 e. The van der Waals surface area contributed by atoms with Gasteiger partial charge in [0.1, 0.15) is 5.82 Å². The first kappa shape index (κ1) is 12.4. The molecule has 0 unspecified atom stereocenters. The first-order chi connectivity index (χ1) is 9.04. The Hall–Kier alpha value is -1.65. The van der Waals surface area contributed by atoms with Crippen molar-refractivity contribution in [1.82, 2.24) is 19.8 Å². The predicted octanol–water partition coefficient (Wildman–Crippen LogP) is 2.63. The maximum absolute atomic E-state index is 4.60. The number of nitrogens with one attached hydrogen (secondary N) is 1. The second-order valence-corrected chi connectivity index (χ2v) is 6.42.